The molecule has 0 atom stereocenters. The van der Waals surface area contributed by atoms with E-state index in [9.17, 15) is 14.4 Å². The minimum Gasteiger partial charge on any atom is -0.480 e. The van der Waals surface area contributed by atoms with Crippen molar-refractivity contribution in [3.8, 4) is 11.5 Å². The third-order valence-electron chi connectivity index (χ3n) is 3.96. The molecule has 156 valence electrons. The summed E-state index contributed by atoms with van der Waals surface area (Å²) in [5, 5.41) is 3.85. The minimum atomic E-state index is -0.779. The van der Waals surface area contributed by atoms with Crippen LogP contribution >= 0.6 is 23.2 Å². The summed E-state index contributed by atoms with van der Waals surface area (Å²) in [6, 6.07) is 10.5. The monoisotopic (exact) mass is 449 g/mol. The Labute approximate surface area is 181 Å². The Morgan fingerprint density at radius 2 is 1.90 bits per heavy atom. The molecule has 0 radical (unpaired) electrons. The number of hydrogen-bond acceptors (Lipinski definition) is 6. The largest absolute Gasteiger partial charge is 0.480 e. The van der Waals surface area contributed by atoms with Gasteiger partial charge in [-0.3, -0.25) is 4.79 Å². The van der Waals surface area contributed by atoms with Crippen LogP contribution < -0.4 is 20.4 Å². The number of carbonyl (C=O) groups is 2. The van der Waals surface area contributed by atoms with Crippen LogP contribution in [0.15, 0.2) is 51.7 Å². The number of halogens is 2. The third-order valence-corrected chi connectivity index (χ3v) is 4.51. The van der Waals surface area contributed by atoms with Gasteiger partial charge in [0.2, 0.25) is 0 Å². The number of fused-ring (bicyclic) bond motifs is 1. The lowest BCUT2D eigenvalue weighted by atomic mass is 10.1. The van der Waals surface area contributed by atoms with Gasteiger partial charge < -0.3 is 19.2 Å². The van der Waals surface area contributed by atoms with E-state index in [-0.39, 0.29) is 22.6 Å². The Hall–Kier alpha value is -3.03. The van der Waals surface area contributed by atoms with E-state index in [1.807, 2.05) is 6.92 Å². The first-order valence-electron chi connectivity index (χ1n) is 9.02. The summed E-state index contributed by atoms with van der Waals surface area (Å²) in [7, 11) is 0. The lowest BCUT2D eigenvalue weighted by Crippen LogP contribution is -2.28. The minimum absolute atomic E-state index is 0.0903. The van der Waals surface area contributed by atoms with Gasteiger partial charge in [-0.2, -0.15) is 0 Å². The van der Waals surface area contributed by atoms with Crippen LogP contribution in [0.25, 0.3) is 11.0 Å². The summed E-state index contributed by atoms with van der Waals surface area (Å²) >= 11 is 11.8. The lowest BCUT2D eigenvalue weighted by Gasteiger charge is -2.09. The smallest absolute Gasteiger partial charge is 0.349 e. The van der Waals surface area contributed by atoms with E-state index in [1.54, 1.807) is 18.2 Å². The zero-order valence-electron chi connectivity index (χ0n) is 15.9. The molecule has 0 bridgehead atoms. The van der Waals surface area contributed by atoms with Crippen LogP contribution in [0.5, 0.6) is 11.5 Å². The van der Waals surface area contributed by atoms with Gasteiger partial charge in [0.05, 0.1) is 5.02 Å². The molecule has 9 heteroatoms. The van der Waals surface area contributed by atoms with Crippen LogP contribution in [-0.2, 0) is 4.79 Å². The highest BCUT2D eigenvalue weighted by molar-refractivity contribution is 6.34. The van der Waals surface area contributed by atoms with Gasteiger partial charge in [0.25, 0.3) is 5.91 Å². The number of benzene rings is 2. The van der Waals surface area contributed by atoms with Gasteiger partial charge in [0, 0.05) is 29.1 Å². The first-order chi connectivity index (χ1) is 14.4. The van der Waals surface area contributed by atoms with Gasteiger partial charge >= 0.3 is 11.6 Å². The lowest BCUT2D eigenvalue weighted by molar-refractivity contribution is -0.136. The van der Waals surface area contributed by atoms with Crippen LogP contribution in [0.1, 0.15) is 23.7 Å². The van der Waals surface area contributed by atoms with Gasteiger partial charge in [0.15, 0.2) is 6.61 Å². The molecule has 0 aliphatic heterocycles. The number of esters is 1. The Morgan fingerprint density at radius 1 is 1.10 bits per heavy atom. The second kappa shape index (κ2) is 9.65. The molecule has 3 aromatic rings. The Kier molecular flexibility index (Phi) is 6.97. The predicted molar refractivity (Wildman–Crippen MR) is 113 cm³/mol. The van der Waals surface area contributed by atoms with Crippen LogP contribution in [0.2, 0.25) is 10.0 Å². The molecule has 0 saturated carbocycles. The Bertz CT molecular complexity index is 1160. The zero-order valence-corrected chi connectivity index (χ0v) is 17.4. The molecule has 0 fully saturated rings. The summed E-state index contributed by atoms with van der Waals surface area (Å²) in [5.74, 6) is -0.790. The van der Waals surface area contributed by atoms with E-state index in [0.717, 1.165) is 6.42 Å². The van der Waals surface area contributed by atoms with Crippen molar-refractivity contribution in [1.82, 2.24) is 5.32 Å². The first kappa shape index (κ1) is 21.7. The van der Waals surface area contributed by atoms with E-state index in [4.69, 9.17) is 37.1 Å². The van der Waals surface area contributed by atoms with Crippen LogP contribution in [0.3, 0.4) is 0 Å². The second-order valence-corrected chi connectivity index (χ2v) is 7.08. The van der Waals surface area contributed by atoms with E-state index in [2.05, 4.69) is 5.32 Å². The average Bonchev–Trinajstić information content (AvgIpc) is 2.72. The summed E-state index contributed by atoms with van der Waals surface area (Å²) in [5.41, 5.74) is -0.692. The Balaban J connectivity index is 1.70. The van der Waals surface area contributed by atoms with Gasteiger partial charge in [-0.15, -0.1) is 0 Å². The second-order valence-electron chi connectivity index (χ2n) is 6.24. The van der Waals surface area contributed by atoms with Crippen molar-refractivity contribution < 1.29 is 23.5 Å². The molecule has 1 aromatic heterocycles. The molecular weight excluding hydrogens is 433 g/mol. The summed E-state index contributed by atoms with van der Waals surface area (Å²) < 4.78 is 15.7. The quantitative estimate of drug-likeness (QED) is 0.329. The average molecular weight is 450 g/mol. The first-order valence-corrected chi connectivity index (χ1v) is 9.77. The van der Waals surface area contributed by atoms with Crippen molar-refractivity contribution >= 4 is 46.0 Å². The predicted octanol–water partition coefficient (Wildman–Crippen LogP) is 4.22. The molecule has 1 N–H and O–H groups in total. The molecule has 0 spiro atoms. The van der Waals surface area contributed by atoms with Gasteiger partial charge in [-0.1, -0.05) is 30.1 Å². The maximum Gasteiger partial charge on any atom is 0.349 e. The van der Waals surface area contributed by atoms with Crippen LogP contribution in [-0.4, -0.2) is 25.0 Å². The maximum atomic E-state index is 12.1. The van der Waals surface area contributed by atoms with Gasteiger partial charge in [-0.25, -0.2) is 9.59 Å². The molecule has 0 saturated heterocycles. The van der Waals surface area contributed by atoms with Gasteiger partial charge in [0.1, 0.15) is 22.6 Å². The molecule has 0 aliphatic rings. The normalized spacial score (nSPS) is 10.6. The fourth-order valence-corrected chi connectivity index (χ4v) is 2.87. The molecule has 2 aromatic carbocycles. The van der Waals surface area contributed by atoms with Gasteiger partial charge in [-0.05, 0) is 36.8 Å². The SMILES string of the molecule is CCCNC(=O)c1cc2ccc(OC(=O)COc3cc(Cl)ccc3Cl)cc2oc1=O. The number of carbonyl (C=O) groups excluding carboxylic acids is 2. The van der Waals surface area contributed by atoms with Crippen LogP contribution in [0.4, 0.5) is 0 Å². The molecular formula is C21H17Cl2NO6. The van der Waals surface area contributed by atoms with E-state index in [1.165, 1.54) is 24.3 Å². The van der Waals surface area contributed by atoms with E-state index < -0.39 is 24.1 Å². The molecule has 0 aliphatic carbocycles. The molecule has 30 heavy (non-hydrogen) atoms. The number of hydrogen-bond donors (Lipinski definition) is 1. The van der Waals surface area contributed by atoms with Crippen molar-refractivity contribution in [1.29, 1.82) is 0 Å². The van der Waals surface area contributed by atoms with Crippen molar-refractivity contribution in [2.45, 2.75) is 13.3 Å². The fraction of sp³-hybridized carbons (Fsp3) is 0.190. The highest BCUT2D eigenvalue weighted by atomic mass is 35.5. The number of nitrogens with one attached hydrogen (secondary N) is 1. The topological polar surface area (TPSA) is 94.8 Å². The van der Waals surface area contributed by atoms with E-state index >= 15 is 0 Å². The summed E-state index contributed by atoms with van der Waals surface area (Å²) in [4.78, 5) is 36.2. The fourth-order valence-electron chi connectivity index (χ4n) is 2.53. The third kappa shape index (κ3) is 5.31. The number of amides is 1. The molecule has 1 amide bonds. The number of rotatable bonds is 7. The maximum absolute atomic E-state index is 12.1. The van der Waals surface area contributed by atoms with Crippen LogP contribution in [0, 0.1) is 0 Å². The highest BCUT2D eigenvalue weighted by Crippen LogP contribution is 2.27. The molecule has 7 nitrogen and oxygen atoms in total. The zero-order chi connectivity index (χ0) is 21.7. The molecule has 1 heterocycles. The van der Waals surface area contributed by atoms with Crippen molar-refractivity contribution in [2.75, 3.05) is 13.2 Å². The standard InChI is InChI=1S/C21H17Cl2NO6/c1-2-7-24-20(26)15-8-12-3-5-14(10-17(12)30-21(15)27)29-19(25)11-28-18-9-13(22)4-6-16(18)23/h3-6,8-10H,2,7,11H2,1H3,(H,24,26). The molecule has 3 rings (SSSR count). The summed E-state index contributed by atoms with van der Waals surface area (Å²) in [6.07, 6.45) is 0.743. The molecule has 0 unspecified atom stereocenters. The highest BCUT2D eigenvalue weighted by Gasteiger charge is 2.15. The Morgan fingerprint density at radius 3 is 2.67 bits per heavy atom. The number of ether oxygens (including phenoxy) is 2. The van der Waals surface area contributed by atoms with Crippen molar-refractivity contribution in [3.63, 3.8) is 0 Å². The summed E-state index contributed by atoms with van der Waals surface area (Å²) in [6.45, 7) is 1.95. The van der Waals surface area contributed by atoms with Crippen molar-refractivity contribution in [2.24, 2.45) is 0 Å². The van der Waals surface area contributed by atoms with Crippen molar-refractivity contribution in [3.05, 3.63) is 68.5 Å². The van der Waals surface area contributed by atoms with E-state index in [0.29, 0.717) is 22.0 Å².